The first-order valence-corrected chi connectivity index (χ1v) is 4.87. The van der Waals surface area contributed by atoms with E-state index in [0.29, 0.717) is 0 Å². The third-order valence-corrected chi connectivity index (χ3v) is 2.93. The Morgan fingerprint density at radius 2 is 2.33 bits per heavy atom. The molecule has 0 aromatic carbocycles. The molecule has 1 aromatic rings. The zero-order valence-electron chi connectivity index (χ0n) is 6.92. The molecule has 0 aliphatic heterocycles. The maximum Gasteiger partial charge on any atom is 0.126 e. The van der Waals surface area contributed by atoms with Gasteiger partial charge in [-0.2, -0.15) is 0 Å². The molecule has 0 radical (unpaired) electrons. The van der Waals surface area contributed by atoms with Crippen LogP contribution in [0.2, 0.25) is 0 Å². The van der Waals surface area contributed by atoms with E-state index < -0.39 is 5.60 Å². The molecule has 1 aliphatic carbocycles. The summed E-state index contributed by atoms with van der Waals surface area (Å²) in [5.41, 5.74) is 0.563. The third kappa shape index (κ3) is 1.52. The predicted molar refractivity (Wildman–Crippen MR) is 50.1 cm³/mol. The van der Waals surface area contributed by atoms with Gasteiger partial charge >= 0.3 is 0 Å². The van der Waals surface area contributed by atoms with Gasteiger partial charge in [0.15, 0.2) is 0 Å². The van der Waals surface area contributed by atoms with E-state index in [-0.39, 0.29) is 0 Å². The van der Waals surface area contributed by atoms with E-state index in [1.807, 2.05) is 18.4 Å². The highest BCUT2D eigenvalue weighted by molar-refractivity contribution is 7.10. The summed E-state index contributed by atoms with van der Waals surface area (Å²) in [5.74, 6) is 5.91. The second-order valence-corrected chi connectivity index (χ2v) is 4.13. The lowest BCUT2D eigenvalue weighted by Crippen LogP contribution is -2.00. The molecule has 0 spiro atoms. The lowest BCUT2D eigenvalue weighted by molar-refractivity contribution is 0.212. The van der Waals surface area contributed by atoms with Crippen molar-refractivity contribution in [3.05, 3.63) is 21.9 Å². The Bertz CT molecular complexity index is 349. The molecular formula is C10H10OS. The zero-order chi connectivity index (χ0) is 8.60. The van der Waals surface area contributed by atoms with Crippen molar-refractivity contribution < 1.29 is 5.11 Å². The summed E-state index contributed by atoms with van der Waals surface area (Å²) < 4.78 is 0. The normalized spacial score (nSPS) is 18.2. The molecule has 0 atom stereocenters. The number of aliphatic hydroxyl groups is 1. The molecule has 0 saturated heterocycles. The summed E-state index contributed by atoms with van der Waals surface area (Å²) in [7, 11) is 0. The summed E-state index contributed by atoms with van der Waals surface area (Å²) in [6, 6.07) is 2.05. The maximum absolute atomic E-state index is 9.45. The summed E-state index contributed by atoms with van der Waals surface area (Å²) in [4.78, 5) is 1.08. The Balaban J connectivity index is 2.21. The minimum absolute atomic E-state index is 0.642. The van der Waals surface area contributed by atoms with Gasteiger partial charge in [-0.25, -0.2) is 0 Å². The molecular weight excluding hydrogens is 168 g/mol. The Morgan fingerprint density at radius 3 is 2.83 bits per heavy atom. The fourth-order valence-corrected chi connectivity index (χ4v) is 1.69. The van der Waals surface area contributed by atoms with Crippen LogP contribution in [0.1, 0.15) is 23.3 Å². The SMILES string of the molecule is Cc1ccsc1C#CC1(O)CC1. The van der Waals surface area contributed by atoms with Crippen molar-refractivity contribution in [2.24, 2.45) is 0 Å². The van der Waals surface area contributed by atoms with Crippen molar-refractivity contribution in [2.45, 2.75) is 25.4 Å². The number of thiophene rings is 1. The number of aryl methyl sites for hydroxylation is 1. The molecule has 12 heavy (non-hydrogen) atoms. The monoisotopic (exact) mass is 178 g/mol. The van der Waals surface area contributed by atoms with Crippen molar-refractivity contribution >= 4 is 11.3 Å². The highest BCUT2D eigenvalue weighted by Crippen LogP contribution is 2.34. The first-order valence-electron chi connectivity index (χ1n) is 3.99. The van der Waals surface area contributed by atoms with Crippen LogP contribution in [-0.4, -0.2) is 10.7 Å². The Morgan fingerprint density at radius 1 is 1.58 bits per heavy atom. The van der Waals surface area contributed by atoms with Crippen LogP contribution in [-0.2, 0) is 0 Å². The smallest absolute Gasteiger partial charge is 0.126 e. The Hall–Kier alpha value is -0.780. The lowest BCUT2D eigenvalue weighted by Gasteiger charge is -1.91. The average molecular weight is 178 g/mol. The lowest BCUT2D eigenvalue weighted by atomic mass is 10.2. The molecule has 1 nitrogen and oxygen atoms in total. The molecule has 1 aromatic heterocycles. The van der Waals surface area contributed by atoms with Crippen LogP contribution in [0.3, 0.4) is 0 Å². The van der Waals surface area contributed by atoms with Gasteiger partial charge in [0.05, 0.1) is 4.88 Å². The summed E-state index contributed by atoms with van der Waals surface area (Å²) in [6.45, 7) is 2.04. The summed E-state index contributed by atoms with van der Waals surface area (Å²) in [5, 5.41) is 11.5. The van der Waals surface area contributed by atoms with Gasteiger partial charge in [-0.3, -0.25) is 0 Å². The fraction of sp³-hybridized carbons (Fsp3) is 0.400. The van der Waals surface area contributed by atoms with Gasteiger partial charge in [0.25, 0.3) is 0 Å². The molecule has 1 fully saturated rings. The van der Waals surface area contributed by atoms with Crippen molar-refractivity contribution in [3.8, 4) is 11.8 Å². The molecule has 0 bridgehead atoms. The Labute approximate surface area is 76.0 Å². The minimum Gasteiger partial charge on any atom is -0.378 e. The van der Waals surface area contributed by atoms with Crippen LogP contribution in [0, 0.1) is 18.8 Å². The molecule has 1 N–H and O–H groups in total. The number of hydrogen-bond acceptors (Lipinski definition) is 2. The van der Waals surface area contributed by atoms with Gasteiger partial charge in [-0.1, -0.05) is 11.8 Å². The number of hydrogen-bond donors (Lipinski definition) is 1. The quantitative estimate of drug-likeness (QED) is 0.602. The van der Waals surface area contributed by atoms with E-state index in [9.17, 15) is 5.11 Å². The summed E-state index contributed by atoms with van der Waals surface area (Å²) in [6.07, 6.45) is 1.68. The molecule has 2 rings (SSSR count). The molecule has 1 heterocycles. The maximum atomic E-state index is 9.45. The van der Waals surface area contributed by atoms with Crippen LogP contribution in [0.5, 0.6) is 0 Å². The second-order valence-electron chi connectivity index (χ2n) is 3.21. The summed E-state index contributed by atoms with van der Waals surface area (Å²) >= 11 is 1.63. The second kappa shape index (κ2) is 2.62. The first kappa shape index (κ1) is 7.85. The molecule has 62 valence electrons. The van der Waals surface area contributed by atoms with Gasteiger partial charge in [0.2, 0.25) is 0 Å². The highest BCUT2D eigenvalue weighted by Gasteiger charge is 2.38. The van der Waals surface area contributed by atoms with Crippen LogP contribution >= 0.6 is 11.3 Å². The molecule has 1 saturated carbocycles. The molecule has 0 amide bonds. The zero-order valence-corrected chi connectivity index (χ0v) is 7.74. The predicted octanol–water partition coefficient (Wildman–Crippen LogP) is 1.93. The average Bonchev–Trinajstić information content (AvgIpc) is 2.61. The van der Waals surface area contributed by atoms with Gasteiger partial charge in [-0.15, -0.1) is 11.3 Å². The van der Waals surface area contributed by atoms with E-state index in [4.69, 9.17) is 0 Å². The van der Waals surface area contributed by atoms with Crippen LogP contribution in [0.4, 0.5) is 0 Å². The van der Waals surface area contributed by atoms with Gasteiger partial charge < -0.3 is 5.11 Å². The van der Waals surface area contributed by atoms with Crippen molar-refractivity contribution in [3.63, 3.8) is 0 Å². The molecule has 1 aliphatic rings. The van der Waals surface area contributed by atoms with E-state index in [2.05, 4.69) is 11.8 Å². The largest absolute Gasteiger partial charge is 0.378 e. The minimum atomic E-state index is -0.642. The van der Waals surface area contributed by atoms with Crippen molar-refractivity contribution in [2.75, 3.05) is 0 Å². The standard InChI is InChI=1S/C10H10OS/c1-8-3-7-12-9(8)2-4-10(11)5-6-10/h3,7,11H,5-6H2,1H3. The van der Waals surface area contributed by atoms with Crippen molar-refractivity contribution in [1.29, 1.82) is 0 Å². The van der Waals surface area contributed by atoms with E-state index in [0.717, 1.165) is 17.7 Å². The third-order valence-electron chi connectivity index (χ3n) is 1.99. The number of rotatable bonds is 0. The fourth-order valence-electron chi connectivity index (χ4n) is 0.917. The van der Waals surface area contributed by atoms with Crippen LogP contribution in [0.15, 0.2) is 11.4 Å². The van der Waals surface area contributed by atoms with Crippen LogP contribution < -0.4 is 0 Å². The first-order chi connectivity index (χ1) is 5.70. The van der Waals surface area contributed by atoms with Crippen molar-refractivity contribution in [1.82, 2.24) is 0 Å². The Kier molecular flexibility index (Phi) is 1.71. The highest BCUT2D eigenvalue weighted by atomic mass is 32.1. The molecule has 0 unspecified atom stereocenters. The van der Waals surface area contributed by atoms with Gasteiger partial charge in [0.1, 0.15) is 5.60 Å². The van der Waals surface area contributed by atoms with E-state index >= 15 is 0 Å². The topological polar surface area (TPSA) is 20.2 Å². The van der Waals surface area contributed by atoms with E-state index in [1.165, 1.54) is 5.56 Å². The van der Waals surface area contributed by atoms with Crippen LogP contribution in [0.25, 0.3) is 0 Å². The van der Waals surface area contributed by atoms with Gasteiger partial charge in [-0.05, 0) is 36.8 Å². The molecule has 2 heteroatoms. The van der Waals surface area contributed by atoms with Gasteiger partial charge in [0, 0.05) is 0 Å². The van der Waals surface area contributed by atoms with E-state index in [1.54, 1.807) is 11.3 Å².